The van der Waals surface area contributed by atoms with Crippen molar-refractivity contribution < 1.29 is 14.6 Å². The molecule has 1 saturated carbocycles. The van der Waals surface area contributed by atoms with Crippen LogP contribution in [0.15, 0.2) is 18.3 Å². The molecule has 1 aromatic rings. The van der Waals surface area contributed by atoms with E-state index in [1.807, 2.05) is 0 Å². The molecule has 0 aromatic carbocycles. The highest BCUT2D eigenvalue weighted by Crippen LogP contribution is 2.34. The molecule has 1 fully saturated rings. The summed E-state index contributed by atoms with van der Waals surface area (Å²) in [6.45, 7) is -0.0251. The summed E-state index contributed by atoms with van der Waals surface area (Å²) in [6.07, 6.45) is 3.16. The van der Waals surface area contributed by atoms with Gasteiger partial charge in [0.25, 0.3) is 5.91 Å². The molecule has 1 heterocycles. The Kier molecular flexibility index (Phi) is 2.78. The minimum atomic E-state index is -0.415. The van der Waals surface area contributed by atoms with Crippen LogP contribution in [0.5, 0.6) is 5.75 Å². The first-order valence-electron chi connectivity index (χ1n) is 5.12. The van der Waals surface area contributed by atoms with Gasteiger partial charge < -0.3 is 15.2 Å². The Hall–Kier alpha value is -1.62. The van der Waals surface area contributed by atoms with Crippen LogP contribution in [0, 0.1) is 0 Å². The minimum absolute atomic E-state index is 0.0251. The van der Waals surface area contributed by atoms with Gasteiger partial charge in [-0.1, -0.05) is 0 Å². The van der Waals surface area contributed by atoms with E-state index in [0.29, 0.717) is 11.4 Å². The number of aliphatic hydroxyl groups excluding tert-OH is 1. The van der Waals surface area contributed by atoms with Crippen LogP contribution in [0.4, 0.5) is 0 Å². The molecule has 1 aliphatic rings. The third-order valence-electron chi connectivity index (χ3n) is 2.73. The molecule has 2 rings (SSSR count). The zero-order valence-electron chi connectivity index (χ0n) is 9.06. The first kappa shape index (κ1) is 10.9. The van der Waals surface area contributed by atoms with Crippen molar-refractivity contribution in [2.24, 2.45) is 0 Å². The third kappa shape index (κ3) is 2.14. The van der Waals surface area contributed by atoms with Crippen LogP contribution >= 0.6 is 0 Å². The molecule has 5 heteroatoms. The maximum Gasteiger partial charge on any atom is 0.270 e. The van der Waals surface area contributed by atoms with Gasteiger partial charge in [0.05, 0.1) is 19.3 Å². The predicted molar refractivity (Wildman–Crippen MR) is 57.3 cm³/mol. The first-order valence-corrected chi connectivity index (χ1v) is 5.12. The summed E-state index contributed by atoms with van der Waals surface area (Å²) in [5.74, 6) is 0.319. The Balaban J connectivity index is 2.08. The van der Waals surface area contributed by atoms with Crippen LogP contribution in [-0.4, -0.2) is 35.3 Å². The molecule has 1 aliphatic carbocycles. The van der Waals surface area contributed by atoms with Crippen molar-refractivity contribution >= 4 is 5.91 Å². The lowest BCUT2D eigenvalue weighted by Crippen LogP contribution is -2.39. The van der Waals surface area contributed by atoms with Gasteiger partial charge in [0.15, 0.2) is 0 Å². The molecule has 0 aliphatic heterocycles. The van der Waals surface area contributed by atoms with Gasteiger partial charge in [-0.3, -0.25) is 9.78 Å². The normalized spacial score (nSPS) is 16.6. The average molecular weight is 222 g/mol. The van der Waals surface area contributed by atoms with E-state index in [9.17, 15) is 4.79 Å². The number of rotatable bonds is 4. The molecule has 16 heavy (non-hydrogen) atoms. The molecule has 86 valence electrons. The van der Waals surface area contributed by atoms with Crippen LogP contribution in [0.1, 0.15) is 23.3 Å². The molecule has 5 nitrogen and oxygen atoms in total. The van der Waals surface area contributed by atoms with E-state index in [1.54, 1.807) is 12.1 Å². The van der Waals surface area contributed by atoms with Crippen LogP contribution in [-0.2, 0) is 0 Å². The summed E-state index contributed by atoms with van der Waals surface area (Å²) >= 11 is 0. The number of methoxy groups -OCH3 is 1. The van der Waals surface area contributed by atoms with Crippen LogP contribution in [0.25, 0.3) is 0 Å². The monoisotopic (exact) mass is 222 g/mol. The number of amides is 1. The van der Waals surface area contributed by atoms with E-state index < -0.39 is 5.54 Å². The summed E-state index contributed by atoms with van der Waals surface area (Å²) in [5.41, 5.74) is -0.110. The maximum atomic E-state index is 11.8. The van der Waals surface area contributed by atoms with Crippen molar-refractivity contribution in [3.63, 3.8) is 0 Å². The van der Waals surface area contributed by atoms with Crippen molar-refractivity contribution in [2.75, 3.05) is 13.7 Å². The zero-order chi connectivity index (χ0) is 11.6. The molecule has 1 amide bonds. The number of nitrogens with zero attached hydrogens (tertiary/aromatic N) is 1. The second-order valence-electron chi connectivity index (χ2n) is 3.97. The number of nitrogens with one attached hydrogen (secondary N) is 1. The molecule has 2 N–H and O–H groups in total. The van der Waals surface area contributed by atoms with E-state index in [2.05, 4.69) is 10.3 Å². The lowest BCUT2D eigenvalue weighted by Gasteiger charge is -2.13. The van der Waals surface area contributed by atoms with E-state index in [0.717, 1.165) is 12.8 Å². The fraction of sp³-hybridized carbons (Fsp3) is 0.455. The first-order chi connectivity index (χ1) is 7.69. The van der Waals surface area contributed by atoms with Crippen molar-refractivity contribution in [1.82, 2.24) is 10.3 Å². The molecule has 0 spiro atoms. The van der Waals surface area contributed by atoms with Gasteiger partial charge in [0.1, 0.15) is 11.4 Å². The fourth-order valence-electron chi connectivity index (χ4n) is 1.44. The fourth-order valence-corrected chi connectivity index (χ4v) is 1.44. The molecular weight excluding hydrogens is 208 g/mol. The Morgan fingerprint density at radius 2 is 2.44 bits per heavy atom. The summed E-state index contributed by atoms with van der Waals surface area (Å²) in [7, 11) is 1.53. The van der Waals surface area contributed by atoms with E-state index in [4.69, 9.17) is 9.84 Å². The quantitative estimate of drug-likeness (QED) is 0.770. The zero-order valence-corrected chi connectivity index (χ0v) is 9.06. The van der Waals surface area contributed by atoms with Crippen LogP contribution in [0.3, 0.4) is 0 Å². The number of aromatic nitrogens is 1. The largest absolute Gasteiger partial charge is 0.497 e. The topological polar surface area (TPSA) is 71.5 Å². The Bertz CT molecular complexity index is 402. The van der Waals surface area contributed by atoms with Crippen molar-refractivity contribution in [3.05, 3.63) is 24.0 Å². The van der Waals surface area contributed by atoms with Gasteiger partial charge in [0.2, 0.25) is 0 Å². The van der Waals surface area contributed by atoms with Gasteiger partial charge in [0, 0.05) is 12.3 Å². The smallest absolute Gasteiger partial charge is 0.270 e. The average Bonchev–Trinajstić information content (AvgIpc) is 3.09. The SMILES string of the molecule is COc1ccnc(C(=O)NC2(CO)CC2)c1. The minimum Gasteiger partial charge on any atom is -0.497 e. The van der Waals surface area contributed by atoms with Crippen molar-refractivity contribution in [2.45, 2.75) is 18.4 Å². The van der Waals surface area contributed by atoms with Gasteiger partial charge >= 0.3 is 0 Å². The number of carbonyl (C=O) groups is 1. The molecule has 0 radical (unpaired) electrons. The number of hydrogen-bond donors (Lipinski definition) is 2. The Morgan fingerprint density at radius 3 is 3.00 bits per heavy atom. The predicted octanol–water partition coefficient (Wildman–Crippen LogP) is 0.345. The van der Waals surface area contributed by atoms with Crippen molar-refractivity contribution in [1.29, 1.82) is 0 Å². The number of carbonyl (C=O) groups excluding carboxylic acids is 1. The highest BCUT2D eigenvalue weighted by Gasteiger charge is 2.43. The molecule has 0 bridgehead atoms. The second kappa shape index (κ2) is 4.09. The summed E-state index contributed by atoms with van der Waals surface area (Å²) in [4.78, 5) is 15.7. The lowest BCUT2D eigenvalue weighted by molar-refractivity contribution is 0.0901. The number of ether oxygens (including phenoxy) is 1. The lowest BCUT2D eigenvalue weighted by atomic mass is 10.2. The number of pyridine rings is 1. The molecule has 1 aromatic heterocycles. The highest BCUT2D eigenvalue weighted by molar-refractivity contribution is 5.93. The standard InChI is InChI=1S/C11H14N2O3/c1-16-8-2-5-12-9(6-8)10(15)13-11(7-14)3-4-11/h2,5-6,14H,3-4,7H2,1H3,(H,13,15). The van der Waals surface area contributed by atoms with Gasteiger partial charge in [-0.05, 0) is 18.9 Å². The number of hydrogen-bond acceptors (Lipinski definition) is 4. The summed E-state index contributed by atoms with van der Waals surface area (Å²) in [6, 6.07) is 3.25. The summed E-state index contributed by atoms with van der Waals surface area (Å²) in [5, 5.41) is 11.9. The second-order valence-corrected chi connectivity index (χ2v) is 3.97. The molecule has 0 atom stereocenters. The number of aliphatic hydroxyl groups is 1. The maximum absolute atomic E-state index is 11.8. The van der Waals surface area contributed by atoms with E-state index in [1.165, 1.54) is 13.3 Å². The van der Waals surface area contributed by atoms with Gasteiger partial charge in [-0.25, -0.2) is 0 Å². The highest BCUT2D eigenvalue weighted by atomic mass is 16.5. The van der Waals surface area contributed by atoms with Crippen LogP contribution in [0.2, 0.25) is 0 Å². The van der Waals surface area contributed by atoms with Crippen LogP contribution < -0.4 is 10.1 Å². The molecule has 0 saturated heterocycles. The van der Waals surface area contributed by atoms with Crippen molar-refractivity contribution in [3.8, 4) is 5.75 Å². The van der Waals surface area contributed by atoms with Gasteiger partial charge in [-0.2, -0.15) is 0 Å². The Labute approximate surface area is 93.5 Å². The molecular formula is C11H14N2O3. The third-order valence-corrected chi connectivity index (χ3v) is 2.73. The molecule has 0 unspecified atom stereocenters. The van der Waals surface area contributed by atoms with E-state index in [-0.39, 0.29) is 12.5 Å². The van der Waals surface area contributed by atoms with E-state index >= 15 is 0 Å². The van der Waals surface area contributed by atoms with Gasteiger partial charge in [-0.15, -0.1) is 0 Å². The summed E-state index contributed by atoms with van der Waals surface area (Å²) < 4.78 is 5.01. The Morgan fingerprint density at radius 1 is 1.69 bits per heavy atom.